The molecule has 37 heavy (non-hydrogen) atoms. The molecule has 1 aromatic heterocycles. The number of nitriles is 1. The summed E-state index contributed by atoms with van der Waals surface area (Å²) < 4.78 is 12.2. The predicted octanol–water partition coefficient (Wildman–Crippen LogP) is 7.51. The topological polar surface area (TPSA) is 98.2 Å². The Kier molecular flexibility index (Phi) is 7.32. The number of ether oxygens (including phenoxy) is 2. The fourth-order valence-corrected chi connectivity index (χ4v) is 5.66. The van der Waals surface area contributed by atoms with Gasteiger partial charge in [0.1, 0.15) is 28.9 Å². The Morgan fingerprint density at radius 3 is 2.49 bits per heavy atom. The first kappa shape index (κ1) is 26.7. The average Bonchev–Trinajstić information content (AvgIpc) is 2.79. The van der Waals surface area contributed by atoms with E-state index < -0.39 is 0 Å². The number of ketones is 1. The number of pyridine rings is 1. The summed E-state index contributed by atoms with van der Waals surface area (Å²) in [6.07, 6.45) is 3.76. The molecule has 0 aliphatic carbocycles. The van der Waals surface area contributed by atoms with Crippen LogP contribution in [0.15, 0.2) is 48.7 Å². The van der Waals surface area contributed by atoms with Crippen molar-refractivity contribution in [3.05, 3.63) is 70.4 Å². The maximum absolute atomic E-state index is 13.1. The molecular formula is C30H32ClN3O3. The lowest BCUT2D eigenvalue weighted by molar-refractivity contribution is -0.171. The van der Waals surface area contributed by atoms with E-state index in [2.05, 4.69) is 38.7 Å². The molecule has 2 heterocycles. The maximum atomic E-state index is 13.1. The van der Waals surface area contributed by atoms with E-state index in [1.165, 1.54) is 0 Å². The molecule has 7 heteroatoms. The fraction of sp³-hybridized carbons (Fsp3) is 0.367. The molecule has 4 rings (SSSR count). The van der Waals surface area contributed by atoms with Crippen LogP contribution in [-0.4, -0.2) is 22.0 Å². The summed E-state index contributed by atoms with van der Waals surface area (Å²) >= 11 is 6.54. The van der Waals surface area contributed by atoms with Crippen LogP contribution in [0.5, 0.6) is 11.5 Å². The second kappa shape index (κ2) is 10.2. The van der Waals surface area contributed by atoms with Gasteiger partial charge in [0.05, 0.1) is 16.2 Å². The highest BCUT2D eigenvalue weighted by Crippen LogP contribution is 2.41. The number of nitrogens with two attached hydrogens (primary N) is 1. The zero-order chi connectivity index (χ0) is 27.0. The Morgan fingerprint density at radius 1 is 1.14 bits per heavy atom. The molecule has 3 aromatic rings. The van der Waals surface area contributed by atoms with Crippen LogP contribution < -0.4 is 10.5 Å². The normalized spacial score (nSPS) is 16.7. The van der Waals surface area contributed by atoms with Gasteiger partial charge in [-0.05, 0) is 89.3 Å². The second-order valence-electron chi connectivity index (χ2n) is 11.0. The molecule has 0 amide bonds. The number of aryl methyl sites for hydroxylation is 1. The van der Waals surface area contributed by atoms with E-state index in [4.69, 9.17) is 26.8 Å². The van der Waals surface area contributed by atoms with E-state index in [1.807, 2.05) is 13.0 Å². The lowest BCUT2D eigenvalue weighted by Gasteiger charge is -2.45. The van der Waals surface area contributed by atoms with Crippen molar-refractivity contribution in [2.24, 2.45) is 5.92 Å². The van der Waals surface area contributed by atoms with Crippen molar-refractivity contribution < 1.29 is 14.3 Å². The quantitative estimate of drug-likeness (QED) is 0.339. The van der Waals surface area contributed by atoms with Crippen LogP contribution in [0, 0.1) is 24.2 Å². The molecule has 0 unspecified atom stereocenters. The number of carbonyl (C=O) groups excluding carboxylic acids is 1. The highest BCUT2D eigenvalue weighted by atomic mass is 35.5. The number of Topliss-reactive ketones (excluding diaryl/α,β-unsaturated/α-hetero) is 1. The van der Waals surface area contributed by atoms with Gasteiger partial charge in [0.25, 0.3) is 0 Å². The summed E-state index contributed by atoms with van der Waals surface area (Å²) in [5.41, 5.74) is 8.62. The van der Waals surface area contributed by atoms with E-state index in [1.54, 1.807) is 42.6 Å². The number of halogens is 1. The number of benzene rings is 2. The summed E-state index contributed by atoms with van der Waals surface area (Å²) in [7, 11) is 0. The van der Waals surface area contributed by atoms with Gasteiger partial charge in [-0.2, -0.15) is 5.26 Å². The summed E-state index contributed by atoms with van der Waals surface area (Å²) in [5, 5.41) is 10.2. The van der Waals surface area contributed by atoms with E-state index >= 15 is 0 Å². The van der Waals surface area contributed by atoms with Crippen molar-refractivity contribution >= 4 is 23.2 Å². The standard InChI is InChI=1S/C30H32ClN3O3/c1-18-11-22(28(33)34-17-18)21-7-6-8-26(23(21)16-32)36-27-10-9-20(13-24(27)31)25(35)12-19-14-29(2,3)37-30(4,5)15-19/h6-11,13,17,19H,12,14-15H2,1-5H3,(H2,33,34). The van der Waals surface area contributed by atoms with Crippen LogP contribution in [0.25, 0.3) is 11.1 Å². The number of rotatable bonds is 6. The average molecular weight is 518 g/mol. The molecule has 0 radical (unpaired) electrons. The molecular weight excluding hydrogens is 486 g/mol. The maximum Gasteiger partial charge on any atom is 0.163 e. The molecule has 0 atom stereocenters. The SMILES string of the molecule is Cc1cnc(N)c(-c2cccc(Oc3ccc(C(=O)CC4CC(C)(C)OC(C)(C)C4)cc3Cl)c2C#N)c1. The molecule has 2 aromatic carbocycles. The molecule has 0 bridgehead atoms. The molecule has 1 aliphatic rings. The molecule has 2 N–H and O–H groups in total. The van der Waals surface area contributed by atoms with Crippen molar-refractivity contribution in [1.82, 2.24) is 4.98 Å². The number of anilines is 1. The Labute approximate surface area is 223 Å². The van der Waals surface area contributed by atoms with E-state index in [9.17, 15) is 10.1 Å². The summed E-state index contributed by atoms with van der Waals surface area (Å²) in [6.45, 7) is 10.2. The number of hydrogen-bond donors (Lipinski definition) is 1. The minimum atomic E-state index is -0.270. The van der Waals surface area contributed by atoms with Crippen LogP contribution >= 0.6 is 11.6 Å². The molecule has 1 aliphatic heterocycles. The van der Waals surface area contributed by atoms with E-state index in [0.717, 1.165) is 18.4 Å². The first-order valence-corrected chi connectivity index (χ1v) is 12.7. The molecule has 0 spiro atoms. The van der Waals surface area contributed by atoms with Crippen LogP contribution in [0.3, 0.4) is 0 Å². The van der Waals surface area contributed by atoms with Crippen molar-refractivity contribution in [3.8, 4) is 28.7 Å². The number of hydrogen-bond acceptors (Lipinski definition) is 6. The predicted molar refractivity (Wildman–Crippen MR) is 146 cm³/mol. The third kappa shape index (κ3) is 6.12. The van der Waals surface area contributed by atoms with Crippen molar-refractivity contribution in [3.63, 3.8) is 0 Å². The Morgan fingerprint density at radius 2 is 1.84 bits per heavy atom. The Bertz CT molecular complexity index is 1380. The second-order valence-corrected chi connectivity index (χ2v) is 11.4. The minimum Gasteiger partial charge on any atom is -0.454 e. The van der Waals surface area contributed by atoms with Gasteiger partial charge >= 0.3 is 0 Å². The zero-order valence-electron chi connectivity index (χ0n) is 21.9. The first-order chi connectivity index (χ1) is 17.4. The largest absolute Gasteiger partial charge is 0.454 e. The van der Waals surface area contributed by atoms with Gasteiger partial charge in [0.2, 0.25) is 0 Å². The molecule has 192 valence electrons. The van der Waals surface area contributed by atoms with Gasteiger partial charge < -0.3 is 15.2 Å². The third-order valence-electron chi connectivity index (χ3n) is 6.54. The number of carbonyl (C=O) groups is 1. The van der Waals surface area contributed by atoms with Crippen molar-refractivity contribution in [2.45, 2.75) is 65.1 Å². The lowest BCUT2D eigenvalue weighted by Crippen LogP contribution is -2.45. The number of nitrogens with zero attached hydrogens (tertiary/aromatic N) is 2. The number of nitrogen functional groups attached to an aromatic ring is 1. The smallest absolute Gasteiger partial charge is 0.163 e. The van der Waals surface area contributed by atoms with Crippen LogP contribution in [0.2, 0.25) is 5.02 Å². The highest BCUT2D eigenvalue weighted by molar-refractivity contribution is 6.32. The molecule has 0 saturated carbocycles. The summed E-state index contributed by atoms with van der Waals surface area (Å²) in [5.74, 6) is 1.29. The van der Waals surface area contributed by atoms with Gasteiger partial charge in [0, 0.05) is 29.3 Å². The van der Waals surface area contributed by atoms with Gasteiger partial charge in [-0.1, -0.05) is 23.7 Å². The van der Waals surface area contributed by atoms with E-state index in [-0.39, 0.29) is 22.9 Å². The lowest BCUT2D eigenvalue weighted by atomic mass is 9.78. The van der Waals surface area contributed by atoms with Gasteiger partial charge in [0.15, 0.2) is 5.78 Å². The van der Waals surface area contributed by atoms with Crippen LogP contribution in [-0.2, 0) is 4.74 Å². The molecule has 1 saturated heterocycles. The number of aromatic nitrogens is 1. The monoisotopic (exact) mass is 517 g/mol. The molecule has 6 nitrogen and oxygen atoms in total. The van der Waals surface area contributed by atoms with Gasteiger partial charge in [-0.25, -0.2) is 4.98 Å². The summed E-state index contributed by atoms with van der Waals surface area (Å²) in [6, 6.07) is 14.4. The first-order valence-electron chi connectivity index (χ1n) is 12.3. The van der Waals surface area contributed by atoms with Crippen molar-refractivity contribution in [2.75, 3.05) is 5.73 Å². The minimum absolute atomic E-state index is 0.0362. The van der Waals surface area contributed by atoms with Crippen LogP contribution in [0.4, 0.5) is 5.82 Å². The Balaban J connectivity index is 1.56. The highest BCUT2D eigenvalue weighted by Gasteiger charge is 2.39. The molecule has 1 fully saturated rings. The van der Waals surface area contributed by atoms with Gasteiger partial charge in [-0.15, -0.1) is 0 Å². The van der Waals surface area contributed by atoms with Crippen molar-refractivity contribution in [1.29, 1.82) is 5.26 Å². The fourth-order valence-electron chi connectivity index (χ4n) is 5.45. The van der Waals surface area contributed by atoms with Gasteiger partial charge in [-0.3, -0.25) is 4.79 Å². The van der Waals surface area contributed by atoms with Crippen LogP contribution in [0.1, 0.15) is 68.4 Å². The summed E-state index contributed by atoms with van der Waals surface area (Å²) in [4.78, 5) is 17.3. The third-order valence-corrected chi connectivity index (χ3v) is 6.84. The Hall–Kier alpha value is -3.40. The van der Waals surface area contributed by atoms with E-state index in [0.29, 0.717) is 51.0 Å². The zero-order valence-corrected chi connectivity index (χ0v) is 22.6.